The van der Waals surface area contributed by atoms with Crippen molar-refractivity contribution in [3.63, 3.8) is 0 Å². The second-order valence-electron chi connectivity index (χ2n) is 6.63. The van der Waals surface area contributed by atoms with Crippen molar-refractivity contribution in [1.29, 1.82) is 5.41 Å². The molecule has 2 aliphatic rings. The monoisotopic (exact) mass is 350 g/mol. The summed E-state index contributed by atoms with van der Waals surface area (Å²) in [5.74, 6) is 0.232. The van der Waals surface area contributed by atoms with E-state index in [1.54, 1.807) is 6.08 Å². The van der Waals surface area contributed by atoms with Crippen LogP contribution >= 0.6 is 23.2 Å². The van der Waals surface area contributed by atoms with Gasteiger partial charge in [0.05, 0.1) is 15.9 Å². The van der Waals surface area contributed by atoms with Crippen molar-refractivity contribution in [2.24, 2.45) is 11.1 Å². The van der Waals surface area contributed by atoms with E-state index < -0.39 is 0 Å². The minimum absolute atomic E-state index is 0.00676. The zero-order valence-corrected chi connectivity index (χ0v) is 14.7. The van der Waals surface area contributed by atoms with Crippen LogP contribution in [-0.2, 0) is 17.6 Å². The van der Waals surface area contributed by atoms with E-state index in [1.165, 1.54) is 0 Å². The molecule has 0 amide bonds. The minimum atomic E-state index is 0.00676. The number of allylic oxidation sites excluding steroid dienone is 2. The normalized spacial score (nSPS) is 22.6. The molecule has 0 saturated carbocycles. The van der Waals surface area contributed by atoms with E-state index in [1.807, 2.05) is 6.07 Å². The molecule has 0 spiro atoms. The van der Waals surface area contributed by atoms with Crippen molar-refractivity contribution < 1.29 is 4.79 Å². The summed E-state index contributed by atoms with van der Waals surface area (Å²) in [6, 6.07) is 2.02. The third-order valence-corrected chi connectivity index (χ3v) is 5.90. The summed E-state index contributed by atoms with van der Waals surface area (Å²) in [7, 11) is 0. The lowest BCUT2D eigenvalue weighted by Crippen LogP contribution is -2.25. The first kappa shape index (κ1) is 16.5. The summed E-state index contributed by atoms with van der Waals surface area (Å²) < 4.78 is 0. The minimum Gasteiger partial charge on any atom is -0.387 e. The first-order valence-electron chi connectivity index (χ1n) is 7.96. The molecule has 1 unspecified atom stereocenters. The highest BCUT2D eigenvalue weighted by Crippen LogP contribution is 2.57. The van der Waals surface area contributed by atoms with E-state index >= 15 is 0 Å². The van der Waals surface area contributed by atoms with Gasteiger partial charge in [0.15, 0.2) is 5.78 Å². The largest absolute Gasteiger partial charge is 0.387 e. The molecule has 0 bridgehead atoms. The number of hydrogen-bond donors (Lipinski definition) is 2. The van der Waals surface area contributed by atoms with E-state index in [2.05, 4.69) is 6.92 Å². The average molecular weight is 351 g/mol. The van der Waals surface area contributed by atoms with Crippen LogP contribution in [0, 0.1) is 10.8 Å². The van der Waals surface area contributed by atoms with E-state index in [-0.39, 0.29) is 17.0 Å². The molecule has 1 aromatic carbocycles. The fraction of sp³-hybridized carbons (Fsp3) is 0.444. The van der Waals surface area contributed by atoms with Gasteiger partial charge in [0.1, 0.15) is 0 Å². The molecule has 3 N–H and O–H groups in total. The smallest absolute Gasteiger partial charge is 0.156 e. The summed E-state index contributed by atoms with van der Waals surface area (Å²) in [4.78, 5) is 12.0. The third kappa shape index (κ3) is 2.70. The maximum Gasteiger partial charge on any atom is 0.156 e. The molecule has 0 fully saturated rings. The van der Waals surface area contributed by atoms with Gasteiger partial charge in [-0.05, 0) is 42.0 Å². The maximum absolute atomic E-state index is 12.0. The molecule has 0 aliphatic heterocycles. The standard InChI is InChI=1S/C18H20Cl2N2O/c1-2-4-18-5-3-12(23)8-13(18)15-11(9-18)6-10(7-14(21)22)16(19)17(15)20/h6,8H,2-5,7,9H2,1H3,(H3,21,22). The number of benzene rings is 1. The Morgan fingerprint density at radius 3 is 2.78 bits per heavy atom. The quantitative estimate of drug-likeness (QED) is 0.617. The van der Waals surface area contributed by atoms with Gasteiger partial charge in [-0.15, -0.1) is 0 Å². The highest BCUT2D eigenvalue weighted by Gasteiger charge is 2.45. The lowest BCUT2D eigenvalue weighted by molar-refractivity contribution is -0.115. The van der Waals surface area contributed by atoms with Crippen molar-refractivity contribution in [2.45, 2.75) is 45.4 Å². The summed E-state index contributed by atoms with van der Waals surface area (Å²) in [6.07, 6.45) is 6.53. The molecule has 3 rings (SSSR count). The molecule has 1 aromatic rings. The van der Waals surface area contributed by atoms with E-state index in [0.717, 1.165) is 47.9 Å². The first-order chi connectivity index (χ1) is 10.9. The molecular formula is C18H20Cl2N2O. The van der Waals surface area contributed by atoms with Gasteiger partial charge in [0, 0.05) is 23.8 Å². The molecule has 0 aromatic heterocycles. The SMILES string of the molecule is CCCC12CCC(=O)C=C1c1c(cc(CC(=N)N)c(Cl)c1Cl)C2. The lowest BCUT2D eigenvalue weighted by Gasteiger charge is -2.33. The fourth-order valence-corrected chi connectivity index (χ4v) is 4.66. The Morgan fingerprint density at radius 1 is 1.39 bits per heavy atom. The molecular weight excluding hydrogens is 331 g/mol. The average Bonchev–Trinajstić information content (AvgIpc) is 2.78. The molecule has 23 heavy (non-hydrogen) atoms. The molecule has 0 heterocycles. The maximum atomic E-state index is 12.0. The van der Waals surface area contributed by atoms with Crippen molar-refractivity contribution in [3.05, 3.63) is 38.9 Å². The Kier molecular flexibility index (Phi) is 4.28. The summed E-state index contributed by atoms with van der Waals surface area (Å²) >= 11 is 13.0. The number of nitrogens with two attached hydrogens (primary N) is 1. The van der Waals surface area contributed by atoms with Crippen LogP contribution in [0.15, 0.2) is 12.1 Å². The number of rotatable bonds is 4. The van der Waals surface area contributed by atoms with Gasteiger partial charge in [-0.25, -0.2) is 0 Å². The Bertz CT molecular complexity index is 739. The number of carbonyl (C=O) groups is 1. The highest BCUT2D eigenvalue weighted by atomic mass is 35.5. The summed E-state index contributed by atoms with van der Waals surface area (Å²) in [6.45, 7) is 2.17. The van der Waals surface area contributed by atoms with Gasteiger partial charge in [0.25, 0.3) is 0 Å². The molecule has 0 radical (unpaired) electrons. The number of carbonyl (C=O) groups excluding carboxylic acids is 1. The number of fused-ring (bicyclic) bond motifs is 3. The molecule has 122 valence electrons. The molecule has 5 heteroatoms. The van der Waals surface area contributed by atoms with Crippen LogP contribution in [0.4, 0.5) is 0 Å². The molecule has 0 saturated heterocycles. The molecule has 3 nitrogen and oxygen atoms in total. The topological polar surface area (TPSA) is 66.9 Å². The zero-order valence-electron chi connectivity index (χ0n) is 13.1. The van der Waals surface area contributed by atoms with Crippen LogP contribution in [0.2, 0.25) is 10.0 Å². The van der Waals surface area contributed by atoms with E-state index in [4.69, 9.17) is 34.3 Å². The van der Waals surface area contributed by atoms with Crippen molar-refractivity contribution in [3.8, 4) is 0 Å². The summed E-state index contributed by atoms with van der Waals surface area (Å²) in [5.41, 5.74) is 9.45. The lowest BCUT2D eigenvalue weighted by atomic mass is 9.70. The van der Waals surface area contributed by atoms with Gasteiger partial charge < -0.3 is 5.73 Å². The van der Waals surface area contributed by atoms with Gasteiger partial charge in [-0.1, -0.05) is 42.6 Å². The fourth-order valence-electron chi connectivity index (χ4n) is 4.10. The van der Waals surface area contributed by atoms with Crippen LogP contribution in [0.1, 0.15) is 49.3 Å². The van der Waals surface area contributed by atoms with Crippen LogP contribution < -0.4 is 5.73 Å². The predicted octanol–water partition coefficient (Wildman–Crippen LogP) is 4.56. The van der Waals surface area contributed by atoms with Gasteiger partial charge >= 0.3 is 0 Å². The number of nitrogens with one attached hydrogen (secondary N) is 1. The zero-order chi connectivity index (χ0) is 16.8. The van der Waals surface area contributed by atoms with Crippen LogP contribution in [0.3, 0.4) is 0 Å². The van der Waals surface area contributed by atoms with Crippen LogP contribution in [0.5, 0.6) is 0 Å². The predicted molar refractivity (Wildman–Crippen MR) is 95.3 cm³/mol. The third-order valence-electron chi connectivity index (χ3n) is 5.00. The van der Waals surface area contributed by atoms with Crippen LogP contribution in [-0.4, -0.2) is 11.6 Å². The Hall–Kier alpha value is -1.32. The highest BCUT2D eigenvalue weighted by molar-refractivity contribution is 6.44. The van der Waals surface area contributed by atoms with Crippen molar-refractivity contribution in [2.75, 3.05) is 0 Å². The number of halogens is 2. The van der Waals surface area contributed by atoms with Crippen molar-refractivity contribution >= 4 is 40.4 Å². The molecule has 1 atom stereocenters. The van der Waals surface area contributed by atoms with Gasteiger partial charge in [-0.2, -0.15) is 0 Å². The second kappa shape index (κ2) is 5.95. The Balaban J connectivity index is 2.17. The number of amidine groups is 1. The second-order valence-corrected chi connectivity index (χ2v) is 7.39. The Labute approximate surface area is 146 Å². The molecule has 2 aliphatic carbocycles. The van der Waals surface area contributed by atoms with Crippen LogP contribution in [0.25, 0.3) is 5.57 Å². The van der Waals surface area contributed by atoms with E-state index in [9.17, 15) is 4.79 Å². The first-order valence-corrected chi connectivity index (χ1v) is 8.71. The van der Waals surface area contributed by atoms with Gasteiger partial charge in [-0.3, -0.25) is 10.2 Å². The Morgan fingerprint density at radius 2 is 2.13 bits per heavy atom. The van der Waals surface area contributed by atoms with Crippen molar-refractivity contribution in [1.82, 2.24) is 0 Å². The summed E-state index contributed by atoms with van der Waals surface area (Å²) in [5, 5.41) is 8.46. The number of hydrogen-bond acceptors (Lipinski definition) is 2. The van der Waals surface area contributed by atoms with E-state index in [0.29, 0.717) is 22.9 Å². The van der Waals surface area contributed by atoms with Gasteiger partial charge in [0.2, 0.25) is 0 Å². The number of ketones is 1.